The molecule has 1 saturated heterocycles. The highest BCUT2D eigenvalue weighted by Crippen LogP contribution is 2.29. The van der Waals surface area contributed by atoms with Crippen LogP contribution in [0.4, 0.5) is 5.82 Å². The maximum atomic E-state index is 13.1. The maximum Gasteiger partial charge on any atom is 0.243 e. The molecule has 1 aliphatic heterocycles. The number of benzene rings is 2. The van der Waals surface area contributed by atoms with Crippen molar-refractivity contribution >= 4 is 39.0 Å². The number of halogens is 2. The van der Waals surface area contributed by atoms with Gasteiger partial charge in [0, 0.05) is 36.8 Å². The van der Waals surface area contributed by atoms with Crippen molar-refractivity contribution in [3.8, 4) is 11.3 Å². The van der Waals surface area contributed by atoms with Gasteiger partial charge in [-0.1, -0.05) is 35.3 Å². The molecular weight excluding hydrogens is 455 g/mol. The van der Waals surface area contributed by atoms with Crippen LogP contribution in [-0.4, -0.2) is 49.1 Å². The number of hydrogen-bond donors (Lipinski definition) is 0. The number of aryl methyl sites for hydroxylation is 2. The summed E-state index contributed by atoms with van der Waals surface area (Å²) in [6.07, 6.45) is 0. The van der Waals surface area contributed by atoms with Crippen LogP contribution in [0.15, 0.2) is 53.4 Å². The van der Waals surface area contributed by atoms with Crippen LogP contribution in [0.2, 0.25) is 10.0 Å². The number of piperazine rings is 1. The lowest BCUT2D eigenvalue weighted by atomic mass is 10.1. The molecule has 0 atom stereocenters. The molecule has 9 heteroatoms. The molecule has 0 unspecified atom stereocenters. The van der Waals surface area contributed by atoms with Crippen molar-refractivity contribution in [1.29, 1.82) is 0 Å². The second-order valence-corrected chi connectivity index (χ2v) is 10.3. The number of nitrogens with zero attached hydrogens (tertiary/aromatic N) is 4. The highest BCUT2D eigenvalue weighted by Gasteiger charge is 2.30. The summed E-state index contributed by atoms with van der Waals surface area (Å²) in [7, 11) is -3.53. The fraction of sp³-hybridized carbons (Fsp3) is 0.273. The molecule has 3 aromatic rings. The highest BCUT2D eigenvalue weighted by molar-refractivity contribution is 7.89. The van der Waals surface area contributed by atoms with Gasteiger partial charge in [-0.25, -0.2) is 8.42 Å². The van der Waals surface area contributed by atoms with Crippen LogP contribution >= 0.6 is 23.2 Å². The Bertz CT molecular complexity index is 1210. The van der Waals surface area contributed by atoms with Crippen molar-refractivity contribution in [2.45, 2.75) is 18.7 Å². The lowest BCUT2D eigenvalue weighted by Gasteiger charge is -2.34. The Hall–Kier alpha value is -2.19. The van der Waals surface area contributed by atoms with Gasteiger partial charge in [-0.2, -0.15) is 4.31 Å². The fourth-order valence-electron chi connectivity index (χ4n) is 3.62. The maximum absolute atomic E-state index is 13.1. The van der Waals surface area contributed by atoms with E-state index < -0.39 is 10.0 Å². The van der Waals surface area contributed by atoms with Crippen LogP contribution in [0.5, 0.6) is 0 Å². The molecular formula is C22H22Cl2N4O2S. The van der Waals surface area contributed by atoms with Crippen molar-refractivity contribution in [1.82, 2.24) is 14.5 Å². The predicted molar refractivity (Wildman–Crippen MR) is 124 cm³/mol. The molecule has 1 aliphatic rings. The fourth-order valence-corrected chi connectivity index (χ4v) is 5.85. The van der Waals surface area contributed by atoms with E-state index in [0.29, 0.717) is 52.6 Å². The van der Waals surface area contributed by atoms with Crippen LogP contribution in [0.25, 0.3) is 11.3 Å². The van der Waals surface area contributed by atoms with Crippen molar-refractivity contribution in [2.75, 3.05) is 31.1 Å². The van der Waals surface area contributed by atoms with E-state index in [4.69, 9.17) is 23.2 Å². The molecule has 6 nitrogen and oxygen atoms in total. The molecule has 0 bridgehead atoms. The molecule has 31 heavy (non-hydrogen) atoms. The third-order valence-corrected chi connectivity index (χ3v) is 7.97. The Kier molecular flexibility index (Phi) is 6.21. The standard InChI is InChI=1S/C22H22Cl2N4O2S/c1-15-3-4-16(2)21(13-15)31(29,30)28-11-9-27(10-12-28)22-8-7-20(25-26-22)18-6-5-17(23)14-19(18)24/h3-8,13-14H,9-12H2,1-2H3. The third kappa shape index (κ3) is 4.55. The van der Waals surface area contributed by atoms with Gasteiger partial charge in [-0.3, -0.25) is 0 Å². The number of anilines is 1. The molecule has 1 aromatic heterocycles. The molecule has 0 aliphatic carbocycles. The van der Waals surface area contributed by atoms with Gasteiger partial charge in [0.1, 0.15) is 0 Å². The number of hydrogen-bond acceptors (Lipinski definition) is 5. The van der Waals surface area contributed by atoms with Gasteiger partial charge in [-0.05, 0) is 61.4 Å². The lowest BCUT2D eigenvalue weighted by molar-refractivity contribution is 0.383. The summed E-state index contributed by atoms with van der Waals surface area (Å²) in [6, 6.07) is 14.5. The zero-order valence-electron chi connectivity index (χ0n) is 17.2. The molecule has 0 radical (unpaired) electrons. The van der Waals surface area contributed by atoms with Crippen LogP contribution in [-0.2, 0) is 10.0 Å². The van der Waals surface area contributed by atoms with Gasteiger partial charge in [0.05, 0.1) is 15.6 Å². The van der Waals surface area contributed by atoms with Crippen molar-refractivity contribution < 1.29 is 8.42 Å². The smallest absolute Gasteiger partial charge is 0.243 e. The number of rotatable bonds is 4. The minimum absolute atomic E-state index is 0.380. The molecule has 0 N–H and O–H groups in total. The van der Waals surface area contributed by atoms with Crippen molar-refractivity contribution in [3.05, 3.63) is 69.7 Å². The molecule has 1 fully saturated rings. The zero-order chi connectivity index (χ0) is 22.2. The minimum atomic E-state index is -3.53. The van der Waals surface area contributed by atoms with Gasteiger partial charge in [0.25, 0.3) is 0 Å². The predicted octanol–water partition coefficient (Wildman–Crippen LogP) is 4.58. The molecule has 2 heterocycles. The van der Waals surface area contributed by atoms with Gasteiger partial charge >= 0.3 is 0 Å². The second-order valence-electron chi connectivity index (χ2n) is 7.56. The lowest BCUT2D eigenvalue weighted by Crippen LogP contribution is -2.49. The van der Waals surface area contributed by atoms with Gasteiger partial charge in [0.15, 0.2) is 5.82 Å². The van der Waals surface area contributed by atoms with E-state index in [2.05, 4.69) is 10.2 Å². The second kappa shape index (κ2) is 8.74. The minimum Gasteiger partial charge on any atom is -0.352 e. The first kappa shape index (κ1) is 22.0. The Morgan fingerprint density at radius 3 is 2.26 bits per heavy atom. The first-order valence-electron chi connectivity index (χ1n) is 9.87. The van der Waals surface area contributed by atoms with Gasteiger partial charge < -0.3 is 4.90 Å². The topological polar surface area (TPSA) is 66.4 Å². The van der Waals surface area contributed by atoms with Crippen molar-refractivity contribution in [2.24, 2.45) is 0 Å². The largest absolute Gasteiger partial charge is 0.352 e. The van der Waals surface area contributed by atoms with E-state index in [0.717, 1.165) is 16.7 Å². The summed E-state index contributed by atoms with van der Waals surface area (Å²) in [5, 5.41) is 9.71. The summed E-state index contributed by atoms with van der Waals surface area (Å²) in [6.45, 7) is 5.59. The first-order valence-corrected chi connectivity index (χ1v) is 12.1. The first-order chi connectivity index (χ1) is 14.8. The Morgan fingerprint density at radius 2 is 1.61 bits per heavy atom. The van der Waals surface area contributed by atoms with E-state index in [9.17, 15) is 8.42 Å². The van der Waals surface area contributed by atoms with Crippen LogP contribution in [0.1, 0.15) is 11.1 Å². The molecule has 4 rings (SSSR count). The van der Waals surface area contributed by atoms with E-state index in [1.807, 2.05) is 49.1 Å². The van der Waals surface area contributed by atoms with E-state index in [-0.39, 0.29) is 0 Å². The molecule has 162 valence electrons. The molecule has 0 saturated carbocycles. The average molecular weight is 477 g/mol. The average Bonchev–Trinajstić information content (AvgIpc) is 2.76. The summed E-state index contributed by atoms with van der Waals surface area (Å²) < 4.78 is 27.8. The SMILES string of the molecule is Cc1ccc(C)c(S(=O)(=O)N2CCN(c3ccc(-c4ccc(Cl)cc4Cl)nn3)CC2)c1. The van der Waals surface area contributed by atoms with Gasteiger partial charge in [0.2, 0.25) is 10.0 Å². The van der Waals surface area contributed by atoms with Gasteiger partial charge in [-0.15, -0.1) is 10.2 Å². The monoisotopic (exact) mass is 476 g/mol. The number of sulfonamides is 1. The van der Waals surface area contributed by atoms with Crippen LogP contribution < -0.4 is 4.90 Å². The normalized spacial score (nSPS) is 15.3. The van der Waals surface area contributed by atoms with Crippen LogP contribution in [0.3, 0.4) is 0 Å². The molecule has 2 aromatic carbocycles. The Morgan fingerprint density at radius 1 is 0.871 bits per heavy atom. The summed E-state index contributed by atoms with van der Waals surface area (Å²) in [5.41, 5.74) is 3.10. The van der Waals surface area contributed by atoms with Crippen LogP contribution in [0, 0.1) is 13.8 Å². The molecule has 0 spiro atoms. The van der Waals surface area contributed by atoms with E-state index in [1.54, 1.807) is 22.5 Å². The number of aromatic nitrogens is 2. The Labute approximate surface area is 192 Å². The third-order valence-electron chi connectivity index (χ3n) is 5.38. The van der Waals surface area contributed by atoms with E-state index >= 15 is 0 Å². The van der Waals surface area contributed by atoms with Crippen molar-refractivity contribution in [3.63, 3.8) is 0 Å². The Balaban J connectivity index is 1.47. The quantitative estimate of drug-likeness (QED) is 0.551. The summed E-state index contributed by atoms with van der Waals surface area (Å²) in [4.78, 5) is 2.42. The summed E-state index contributed by atoms with van der Waals surface area (Å²) in [5.74, 6) is 0.706. The molecule has 0 amide bonds. The van der Waals surface area contributed by atoms with E-state index in [1.165, 1.54) is 0 Å². The highest BCUT2D eigenvalue weighted by atomic mass is 35.5. The summed E-state index contributed by atoms with van der Waals surface area (Å²) >= 11 is 12.2. The zero-order valence-corrected chi connectivity index (χ0v) is 19.5.